The van der Waals surface area contributed by atoms with Gasteiger partial charge in [0.25, 0.3) is 5.91 Å². The Hall–Kier alpha value is -2.08. The molecule has 1 amide bonds. The molecule has 0 heterocycles. The van der Waals surface area contributed by atoms with E-state index in [0.717, 1.165) is 51.4 Å². The summed E-state index contributed by atoms with van der Waals surface area (Å²) in [6, 6.07) is 5.13. The molecule has 0 spiro atoms. The molecule has 0 radical (unpaired) electrons. The fourth-order valence-electron chi connectivity index (χ4n) is 3.66. The summed E-state index contributed by atoms with van der Waals surface area (Å²) in [7, 11) is 0. The summed E-state index contributed by atoms with van der Waals surface area (Å²) in [6.07, 6.45) is 7.30. The van der Waals surface area contributed by atoms with Crippen molar-refractivity contribution in [2.75, 3.05) is 18.5 Å². The average molecular weight is 420 g/mol. The Morgan fingerprint density at radius 1 is 1.10 bits per heavy atom. The standard InChI is InChI=1S/C24H37NO5/c1-5-16-29-24(14-10-8-9-11-15-24)23(27)25-19-12-13-21(30-18(4)6-2)20(17-19)22(26)28-7-3/h12-13,17-18H,5-11,14-16H2,1-4H3,(H,25,27). The highest BCUT2D eigenvalue weighted by Crippen LogP contribution is 2.33. The highest BCUT2D eigenvalue weighted by Gasteiger charge is 2.39. The summed E-state index contributed by atoms with van der Waals surface area (Å²) >= 11 is 0. The SMILES string of the molecule is CCCOC1(C(=O)Nc2ccc(OC(C)CC)c(C(=O)OCC)c2)CCCCCC1. The lowest BCUT2D eigenvalue weighted by molar-refractivity contribution is -0.143. The van der Waals surface area contributed by atoms with Crippen molar-refractivity contribution in [1.82, 2.24) is 0 Å². The smallest absolute Gasteiger partial charge is 0.341 e. The lowest BCUT2D eigenvalue weighted by Gasteiger charge is -2.31. The van der Waals surface area contributed by atoms with Crippen LogP contribution in [-0.2, 0) is 14.3 Å². The van der Waals surface area contributed by atoms with Crippen molar-refractivity contribution >= 4 is 17.6 Å². The van der Waals surface area contributed by atoms with E-state index < -0.39 is 11.6 Å². The van der Waals surface area contributed by atoms with E-state index in [0.29, 0.717) is 23.6 Å². The van der Waals surface area contributed by atoms with Gasteiger partial charge in [0.15, 0.2) is 0 Å². The summed E-state index contributed by atoms with van der Waals surface area (Å²) in [5.41, 5.74) is 0.0605. The Morgan fingerprint density at radius 2 is 1.80 bits per heavy atom. The minimum atomic E-state index is -0.803. The fourth-order valence-corrected chi connectivity index (χ4v) is 3.66. The Morgan fingerprint density at radius 3 is 2.40 bits per heavy atom. The minimum absolute atomic E-state index is 0.0321. The third-order valence-electron chi connectivity index (χ3n) is 5.54. The van der Waals surface area contributed by atoms with Crippen LogP contribution in [0.2, 0.25) is 0 Å². The monoisotopic (exact) mass is 419 g/mol. The van der Waals surface area contributed by atoms with Crippen LogP contribution in [0.4, 0.5) is 5.69 Å². The van der Waals surface area contributed by atoms with Crippen molar-refractivity contribution in [3.05, 3.63) is 23.8 Å². The number of carbonyl (C=O) groups excluding carboxylic acids is 2. The van der Waals surface area contributed by atoms with Crippen LogP contribution < -0.4 is 10.1 Å². The predicted octanol–water partition coefficient (Wildman–Crippen LogP) is 5.50. The van der Waals surface area contributed by atoms with Crippen LogP contribution in [0.25, 0.3) is 0 Å². The molecular weight excluding hydrogens is 382 g/mol. The fraction of sp³-hybridized carbons (Fsp3) is 0.667. The molecule has 1 N–H and O–H groups in total. The van der Waals surface area contributed by atoms with E-state index in [1.54, 1.807) is 25.1 Å². The van der Waals surface area contributed by atoms with E-state index in [1.807, 2.05) is 20.8 Å². The number of amides is 1. The van der Waals surface area contributed by atoms with Crippen LogP contribution in [0, 0.1) is 0 Å². The maximum Gasteiger partial charge on any atom is 0.341 e. The number of hydrogen-bond donors (Lipinski definition) is 1. The van der Waals surface area contributed by atoms with Gasteiger partial charge in [0.2, 0.25) is 0 Å². The number of ether oxygens (including phenoxy) is 3. The lowest BCUT2D eigenvalue weighted by Crippen LogP contribution is -2.45. The molecule has 168 valence electrons. The molecule has 30 heavy (non-hydrogen) atoms. The third-order valence-corrected chi connectivity index (χ3v) is 5.54. The second kappa shape index (κ2) is 11.9. The summed E-state index contributed by atoms with van der Waals surface area (Å²) in [5, 5.41) is 2.99. The molecule has 1 unspecified atom stereocenters. The molecular formula is C24H37NO5. The molecule has 1 aliphatic rings. The van der Waals surface area contributed by atoms with Gasteiger partial charge < -0.3 is 19.5 Å². The van der Waals surface area contributed by atoms with Crippen molar-refractivity contribution in [2.24, 2.45) is 0 Å². The van der Waals surface area contributed by atoms with Gasteiger partial charge in [-0.05, 0) is 57.7 Å². The van der Waals surface area contributed by atoms with Gasteiger partial charge >= 0.3 is 5.97 Å². The molecule has 0 aliphatic heterocycles. The third kappa shape index (κ3) is 6.46. The largest absolute Gasteiger partial charge is 0.490 e. The van der Waals surface area contributed by atoms with Gasteiger partial charge in [-0.15, -0.1) is 0 Å². The first-order valence-electron chi connectivity index (χ1n) is 11.4. The van der Waals surface area contributed by atoms with E-state index in [2.05, 4.69) is 5.32 Å². The van der Waals surface area contributed by atoms with E-state index in [-0.39, 0.29) is 18.6 Å². The van der Waals surface area contributed by atoms with Gasteiger partial charge in [-0.2, -0.15) is 0 Å². The highest BCUT2D eigenvalue weighted by atomic mass is 16.5. The van der Waals surface area contributed by atoms with Gasteiger partial charge in [0, 0.05) is 12.3 Å². The number of benzene rings is 1. The van der Waals surface area contributed by atoms with Crippen molar-refractivity contribution in [3.8, 4) is 5.75 Å². The summed E-state index contributed by atoms with van der Waals surface area (Å²) in [5.74, 6) is -0.131. The number of carbonyl (C=O) groups is 2. The number of hydrogen-bond acceptors (Lipinski definition) is 5. The van der Waals surface area contributed by atoms with E-state index in [9.17, 15) is 9.59 Å². The summed E-state index contributed by atoms with van der Waals surface area (Å²) in [6.45, 7) is 8.61. The van der Waals surface area contributed by atoms with E-state index in [1.165, 1.54) is 0 Å². The summed E-state index contributed by atoms with van der Waals surface area (Å²) < 4.78 is 17.2. The predicted molar refractivity (Wildman–Crippen MR) is 118 cm³/mol. The number of rotatable bonds is 10. The topological polar surface area (TPSA) is 73.9 Å². The first kappa shape index (κ1) is 24.2. The lowest BCUT2D eigenvalue weighted by atomic mass is 9.92. The first-order chi connectivity index (χ1) is 14.5. The molecule has 2 rings (SSSR count). The van der Waals surface area contributed by atoms with Crippen molar-refractivity contribution in [2.45, 2.75) is 90.8 Å². The zero-order valence-electron chi connectivity index (χ0n) is 18.9. The number of nitrogens with one attached hydrogen (secondary N) is 1. The molecule has 1 aromatic rings. The average Bonchev–Trinajstić information content (AvgIpc) is 3.00. The van der Waals surface area contributed by atoms with Crippen molar-refractivity contribution in [1.29, 1.82) is 0 Å². The maximum atomic E-state index is 13.3. The van der Waals surface area contributed by atoms with Gasteiger partial charge in [-0.3, -0.25) is 4.79 Å². The van der Waals surface area contributed by atoms with Crippen molar-refractivity contribution < 1.29 is 23.8 Å². The molecule has 1 fully saturated rings. The normalized spacial score (nSPS) is 16.9. The van der Waals surface area contributed by atoms with Crippen LogP contribution in [0.3, 0.4) is 0 Å². The first-order valence-corrected chi connectivity index (χ1v) is 11.4. The number of esters is 1. The van der Waals surface area contributed by atoms with Crippen LogP contribution in [-0.4, -0.2) is 36.8 Å². The molecule has 1 atom stereocenters. The number of anilines is 1. The van der Waals surface area contributed by atoms with Crippen LogP contribution in [0.5, 0.6) is 5.75 Å². The second-order valence-electron chi connectivity index (χ2n) is 7.98. The van der Waals surface area contributed by atoms with Gasteiger partial charge in [-0.25, -0.2) is 4.79 Å². The summed E-state index contributed by atoms with van der Waals surface area (Å²) in [4.78, 5) is 25.8. The highest BCUT2D eigenvalue weighted by molar-refractivity contribution is 5.99. The van der Waals surface area contributed by atoms with Gasteiger partial charge in [0.05, 0.1) is 12.7 Å². The molecule has 1 aromatic carbocycles. The Bertz CT molecular complexity index is 695. The van der Waals surface area contributed by atoms with Crippen LogP contribution >= 0.6 is 0 Å². The molecule has 6 heteroatoms. The molecule has 0 saturated heterocycles. The maximum absolute atomic E-state index is 13.3. The molecule has 0 aromatic heterocycles. The molecule has 6 nitrogen and oxygen atoms in total. The van der Waals surface area contributed by atoms with Gasteiger partial charge in [-0.1, -0.05) is 39.5 Å². The zero-order valence-corrected chi connectivity index (χ0v) is 18.9. The second-order valence-corrected chi connectivity index (χ2v) is 7.98. The Labute approximate surface area is 180 Å². The Balaban J connectivity index is 2.27. The van der Waals surface area contributed by atoms with Crippen LogP contribution in [0.15, 0.2) is 18.2 Å². The quantitative estimate of drug-likeness (QED) is 0.400. The van der Waals surface area contributed by atoms with Crippen LogP contribution in [0.1, 0.15) is 89.4 Å². The minimum Gasteiger partial charge on any atom is -0.490 e. The molecule has 0 bridgehead atoms. The molecule has 1 saturated carbocycles. The van der Waals surface area contributed by atoms with E-state index >= 15 is 0 Å². The molecule has 1 aliphatic carbocycles. The van der Waals surface area contributed by atoms with Crippen molar-refractivity contribution in [3.63, 3.8) is 0 Å². The Kier molecular flexibility index (Phi) is 9.63. The zero-order chi connectivity index (χ0) is 22.0. The van der Waals surface area contributed by atoms with E-state index in [4.69, 9.17) is 14.2 Å². The van der Waals surface area contributed by atoms with Gasteiger partial charge in [0.1, 0.15) is 16.9 Å².